The summed E-state index contributed by atoms with van der Waals surface area (Å²) in [5, 5.41) is 36.6. The van der Waals surface area contributed by atoms with Crippen molar-refractivity contribution in [1.82, 2.24) is 0 Å². The first-order valence-electron chi connectivity index (χ1n) is 4.10. The van der Waals surface area contributed by atoms with Crippen molar-refractivity contribution in [3.05, 3.63) is 0 Å². The van der Waals surface area contributed by atoms with E-state index in [1.54, 1.807) is 13.8 Å². The molecular weight excluding hydrogens is 160 g/mol. The molecule has 0 bridgehead atoms. The van der Waals surface area contributed by atoms with E-state index >= 15 is 0 Å². The minimum Gasteiger partial charge on any atom is -0.391 e. The van der Waals surface area contributed by atoms with Gasteiger partial charge in [-0.05, 0) is 12.8 Å². The lowest BCUT2D eigenvalue weighted by Crippen LogP contribution is -2.45. The lowest BCUT2D eigenvalue weighted by molar-refractivity contribution is -0.111. The maximum atomic E-state index is 9.29. The predicted octanol–water partition coefficient (Wildman–Crippen LogP) is -0.894. The summed E-state index contributed by atoms with van der Waals surface area (Å²) in [5.41, 5.74) is 0. The maximum Gasteiger partial charge on any atom is 0.108 e. The molecule has 0 aromatic heterocycles. The van der Waals surface area contributed by atoms with Crippen LogP contribution >= 0.6 is 0 Å². The van der Waals surface area contributed by atoms with Gasteiger partial charge in [-0.25, -0.2) is 0 Å². The molecule has 0 heterocycles. The predicted molar refractivity (Wildman–Crippen MR) is 44.5 cm³/mol. The van der Waals surface area contributed by atoms with Crippen LogP contribution in [-0.4, -0.2) is 44.8 Å². The van der Waals surface area contributed by atoms with Crippen LogP contribution in [0.2, 0.25) is 0 Å². The molecule has 0 aliphatic carbocycles. The third-order valence-electron chi connectivity index (χ3n) is 1.88. The van der Waals surface area contributed by atoms with Gasteiger partial charge in [0, 0.05) is 0 Å². The second-order valence-corrected chi connectivity index (χ2v) is 3.46. The van der Waals surface area contributed by atoms with Crippen molar-refractivity contribution in [2.45, 2.75) is 45.2 Å². The standard InChI is InChI=1S/C8H18O4/c1-4(2)6(10)8(12)7(11)5(3)9/h4-12H,1-3H3/t5-,6-,7-,8-/m0/s1. The normalized spacial score (nSPS) is 22.0. The van der Waals surface area contributed by atoms with E-state index < -0.39 is 24.4 Å². The number of aliphatic hydroxyl groups excluding tert-OH is 4. The number of aliphatic hydroxyl groups is 4. The number of hydrogen-bond acceptors (Lipinski definition) is 4. The fourth-order valence-corrected chi connectivity index (χ4v) is 0.882. The monoisotopic (exact) mass is 178 g/mol. The van der Waals surface area contributed by atoms with Gasteiger partial charge < -0.3 is 20.4 Å². The van der Waals surface area contributed by atoms with Gasteiger partial charge in [-0.15, -0.1) is 0 Å². The summed E-state index contributed by atoms with van der Waals surface area (Å²) in [6.45, 7) is 4.81. The van der Waals surface area contributed by atoms with Crippen LogP contribution in [0.5, 0.6) is 0 Å². The fourth-order valence-electron chi connectivity index (χ4n) is 0.882. The molecule has 0 spiro atoms. The largest absolute Gasteiger partial charge is 0.391 e. The molecule has 0 unspecified atom stereocenters. The molecule has 0 amide bonds. The highest BCUT2D eigenvalue weighted by atomic mass is 16.4. The van der Waals surface area contributed by atoms with Gasteiger partial charge in [-0.3, -0.25) is 0 Å². The van der Waals surface area contributed by atoms with E-state index in [1.165, 1.54) is 6.92 Å². The Balaban J connectivity index is 4.08. The Kier molecular flexibility index (Phi) is 4.70. The molecule has 12 heavy (non-hydrogen) atoms. The van der Waals surface area contributed by atoms with Crippen molar-refractivity contribution in [2.24, 2.45) is 5.92 Å². The second-order valence-electron chi connectivity index (χ2n) is 3.46. The van der Waals surface area contributed by atoms with Crippen LogP contribution in [0.4, 0.5) is 0 Å². The average molecular weight is 178 g/mol. The third kappa shape index (κ3) is 3.06. The van der Waals surface area contributed by atoms with Gasteiger partial charge in [-0.2, -0.15) is 0 Å². The molecule has 0 fully saturated rings. The molecule has 0 aromatic carbocycles. The summed E-state index contributed by atoms with van der Waals surface area (Å²) in [7, 11) is 0. The van der Waals surface area contributed by atoms with E-state index in [0.29, 0.717) is 0 Å². The molecular formula is C8H18O4. The Labute approximate surface area is 72.5 Å². The zero-order chi connectivity index (χ0) is 9.89. The van der Waals surface area contributed by atoms with Crippen LogP contribution in [0.25, 0.3) is 0 Å². The van der Waals surface area contributed by atoms with Crippen molar-refractivity contribution in [2.75, 3.05) is 0 Å². The van der Waals surface area contributed by atoms with Crippen LogP contribution in [-0.2, 0) is 0 Å². The lowest BCUT2D eigenvalue weighted by atomic mass is 9.96. The molecule has 4 heteroatoms. The summed E-state index contributed by atoms with van der Waals surface area (Å²) >= 11 is 0. The van der Waals surface area contributed by atoms with Crippen molar-refractivity contribution >= 4 is 0 Å². The van der Waals surface area contributed by atoms with E-state index in [1.807, 2.05) is 0 Å². The molecule has 0 aliphatic rings. The number of hydrogen-bond donors (Lipinski definition) is 4. The lowest BCUT2D eigenvalue weighted by Gasteiger charge is -2.26. The van der Waals surface area contributed by atoms with Gasteiger partial charge in [0.25, 0.3) is 0 Å². The van der Waals surface area contributed by atoms with Crippen molar-refractivity contribution in [3.8, 4) is 0 Å². The van der Waals surface area contributed by atoms with Crippen LogP contribution in [0.15, 0.2) is 0 Å². The molecule has 0 saturated heterocycles. The van der Waals surface area contributed by atoms with Crippen molar-refractivity contribution < 1.29 is 20.4 Å². The zero-order valence-corrected chi connectivity index (χ0v) is 7.68. The first-order valence-corrected chi connectivity index (χ1v) is 4.10. The van der Waals surface area contributed by atoms with Gasteiger partial charge >= 0.3 is 0 Å². The minimum atomic E-state index is -1.29. The summed E-state index contributed by atoms with van der Waals surface area (Å²) in [5.74, 6) is -0.145. The van der Waals surface area contributed by atoms with Crippen LogP contribution < -0.4 is 0 Å². The Morgan fingerprint density at radius 1 is 0.667 bits per heavy atom. The Morgan fingerprint density at radius 3 is 1.33 bits per heavy atom. The van der Waals surface area contributed by atoms with E-state index in [0.717, 1.165) is 0 Å². The molecule has 4 atom stereocenters. The highest BCUT2D eigenvalue weighted by Gasteiger charge is 2.29. The molecule has 0 saturated carbocycles. The number of rotatable bonds is 4. The fraction of sp³-hybridized carbons (Fsp3) is 1.00. The SMILES string of the molecule is CC(C)[C@H](O)[C@H](O)[C@@H](O)[C@H](C)O. The second kappa shape index (κ2) is 4.77. The third-order valence-corrected chi connectivity index (χ3v) is 1.88. The maximum absolute atomic E-state index is 9.29. The topological polar surface area (TPSA) is 80.9 Å². The smallest absolute Gasteiger partial charge is 0.108 e. The van der Waals surface area contributed by atoms with Gasteiger partial charge in [-0.1, -0.05) is 13.8 Å². The summed E-state index contributed by atoms with van der Waals surface area (Å²) in [6, 6.07) is 0. The van der Waals surface area contributed by atoms with Crippen LogP contribution in [0, 0.1) is 5.92 Å². The minimum absolute atomic E-state index is 0.145. The molecule has 4 nitrogen and oxygen atoms in total. The highest BCUT2D eigenvalue weighted by Crippen LogP contribution is 2.11. The van der Waals surface area contributed by atoms with E-state index in [4.69, 9.17) is 10.2 Å². The Hall–Kier alpha value is -0.160. The molecule has 0 aromatic rings. The summed E-state index contributed by atoms with van der Waals surface area (Å²) < 4.78 is 0. The van der Waals surface area contributed by atoms with Gasteiger partial charge in [0.05, 0.1) is 12.2 Å². The van der Waals surface area contributed by atoms with E-state index in [9.17, 15) is 10.2 Å². The van der Waals surface area contributed by atoms with Crippen LogP contribution in [0.1, 0.15) is 20.8 Å². The molecule has 0 aliphatic heterocycles. The summed E-state index contributed by atoms with van der Waals surface area (Å²) in [4.78, 5) is 0. The van der Waals surface area contributed by atoms with E-state index in [-0.39, 0.29) is 5.92 Å². The van der Waals surface area contributed by atoms with Crippen LogP contribution in [0.3, 0.4) is 0 Å². The van der Waals surface area contributed by atoms with Gasteiger partial charge in [0.1, 0.15) is 12.2 Å². The molecule has 0 rings (SSSR count). The molecule has 4 N–H and O–H groups in total. The van der Waals surface area contributed by atoms with E-state index in [2.05, 4.69) is 0 Å². The molecule has 0 radical (unpaired) electrons. The first kappa shape index (κ1) is 11.8. The van der Waals surface area contributed by atoms with Gasteiger partial charge in [0.2, 0.25) is 0 Å². The highest BCUT2D eigenvalue weighted by molar-refractivity contribution is 4.80. The average Bonchev–Trinajstić information content (AvgIpc) is 2.00. The van der Waals surface area contributed by atoms with Crippen molar-refractivity contribution in [3.63, 3.8) is 0 Å². The Morgan fingerprint density at radius 2 is 1.08 bits per heavy atom. The zero-order valence-electron chi connectivity index (χ0n) is 7.68. The first-order chi connectivity index (χ1) is 5.37. The van der Waals surface area contributed by atoms with Gasteiger partial charge in [0.15, 0.2) is 0 Å². The quantitative estimate of drug-likeness (QED) is 0.450. The Bertz CT molecular complexity index is 110. The van der Waals surface area contributed by atoms with Crippen molar-refractivity contribution in [1.29, 1.82) is 0 Å². The summed E-state index contributed by atoms with van der Waals surface area (Å²) in [6.07, 6.45) is -4.62. The molecule has 74 valence electrons.